The molecular weight excluding hydrogens is 299 g/mol. The summed E-state index contributed by atoms with van der Waals surface area (Å²) in [5.74, 6) is 1.96. The first-order valence-electron chi connectivity index (χ1n) is 6.41. The molecule has 1 heterocycles. The van der Waals surface area contributed by atoms with Crippen molar-refractivity contribution in [1.29, 1.82) is 0 Å². The minimum absolute atomic E-state index is 0.233. The second-order valence-corrected chi connectivity index (χ2v) is 5.89. The van der Waals surface area contributed by atoms with Crippen LogP contribution in [-0.2, 0) is 5.88 Å². The van der Waals surface area contributed by atoms with Crippen molar-refractivity contribution in [1.82, 2.24) is 9.55 Å². The number of fused-ring (bicyclic) bond motifs is 1. The number of aromatic nitrogens is 2. The van der Waals surface area contributed by atoms with E-state index in [0.717, 1.165) is 23.5 Å². The maximum atomic E-state index is 13.8. The van der Waals surface area contributed by atoms with Gasteiger partial charge in [0.2, 0.25) is 0 Å². The van der Waals surface area contributed by atoms with Crippen molar-refractivity contribution in [2.24, 2.45) is 0 Å². The van der Waals surface area contributed by atoms with Crippen LogP contribution in [0, 0.1) is 5.82 Å². The van der Waals surface area contributed by atoms with E-state index in [-0.39, 0.29) is 11.8 Å². The number of hydrogen-bond donors (Lipinski definition) is 0. The topological polar surface area (TPSA) is 27.1 Å². The molecule has 0 fully saturated rings. The predicted octanol–water partition coefficient (Wildman–Crippen LogP) is 4.24. The third-order valence-corrected chi connectivity index (χ3v) is 4.22. The molecule has 0 bridgehead atoms. The number of imidazole rings is 1. The lowest BCUT2D eigenvalue weighted by Crippen LogP contribution is -2.09. The first-order chi connectivity index (χ1) is 9.62. The molecule has 0 saturated heterocycles. The van der Waals surface area contributed by atoms with Crippen LogP contribution in [0.1, 0.15) is 25.2 Å². The number of methoxy groups -OCH3 is 1. The zero-order valence-electron chi connectivity index (χ0n) is 11.8. The number of hydrogen-bond acceptors (Lipinski definition) is 3. The van der Waals surface area contributed by atoms with Gasteiger partial charge in [0.05, 0.1) is 24.0 Å². The van der Waals surface area contributed by atoms with E-state index in [4.69, 9.17) is 16.3 Å². The highest BCUT2D eigenvalue weighted by Crippen LogP contribution is 2.29. The number of halogens is 2. The lowest BCUT2D eigenvalue weighted by Gasteiger charge is -2.16. The molecule has 0 aliphatic carbocycles. The van der Waals surface area contributed by atoms with Gasteiger partial charge in [-0.15, -0.1) is 11.6 Å². The Bertz CT molecular complexity index is 602. The minimum Gasteiger partial charge on any atom is -0.494 e. The third kappa shape index (κ3) is 2.88. The maximum Gasteiger partial charge on any atom is 0.167 e. The van der Waals surface area contributed by atoms with Gasteiger partial charge < -0.3 is 9.30 Å². The van der Waals surface area contributed by atoms with Gasteiger partial charge in [-0.05, 0) is 25.4 Å². The summed E-state index contributed by atoms with van der Waals surface area (Å²) in [5.41, 5.74) is 1.49. The van der Waals surface area contributed by atoms with Crippen LogP contribution in [0.15, 0.2) is 12.1 Å². The summed E-state index contributed by atoms with van der Waals surface area (Å²) in [6.45, 7) is 2.13. The van der Waals surface area contributed by atoms with Crippen molar-refractivity contribution < 1.29 is 9.13 Å². The monoisotopic (exact) mass is 316 g/mol. The van der Waals surface area contributed by atoms with Crippen LogP contribution in [0.5, 0.6) is 5.75 Å². The number of ether oxygens (including phenoxy) is 1. The quantitative estimate of drug-likeness (QED) is 0.746. The molecule has 2 rings (SSSR count). The van der Waals surface area contributed by atoms with Crippen LogP contribution in [0.2, 0.25) is 0 Å². The van der Waals surface area contributed by atoms with Gasteiger partial charge in [-0.25, -0.2) is 9.37 Å². The normalized spacial score (nSPS) is 12.8. The Morgan fingerprint density at radius 3 is 2.85 bits per heavy atom. The van der Waals surface area contributed by atoms with Gasteiger partial charge in [-0.1, -0.05) is 0 Å². The van der Waals surface area contributed by atoms with Crippen molar-refractivity contribution in [2.75, 3.05) is 19.1 Å². The molecule has 1 aromatic heterocycles. The Morgan fingerprint density at radius 2 is 2.25 bits per heavy atom. The fourth-order valence-electron chi connectivity index (χ4n) is 2.31. The second kappa shape index (κ2) is 6.68. The molecule has 0 N–H and O–H groups in total. The van der Waals surface area contributed by atoms with Gasteiger partial charge in [0.1, 0.15) is 5.82 Å². The summed E-state index contributed by atoms with van der Waals surface area (Å²) in [4.78, 5) is 4.43. The van der Waals surface area contributed by atoms with Crippen molar-refractivity contribution in [2.45, 2.75) is 25.3 Å². The lowest BCUT2D eigenvalue weighted by molar-refractivity contribution is 0.387. The molecule has 3 nitrogen and oxygen atoms in total. The number of alkyl halides is 1. The average Bonchev–Trinajstić information content (AvgIpc) is 2.81. The van der Waals surface area contributed by atoms with E-state index in [1.54, 1.807) is 17.8 Å². The van der Waals surface area contributed by atoms with Gasteiger partial charge in [-0.2, -0.15) is 11.8 Å². The van der Waals surface area contributed by atoms with Crippen molar-refractivity contribution in [3.8, 4) is 5.75 Å². The van der Waals surface area contributed by atoms with E-state index < -0.39 is 5.82 Å². The van der Waals surface area contributed by atoms with E-state index in [0.29, 0.717) is 11.4 Å². The Morgan fingerprint density at radius 1 is 1.50 bits per heavy atom. The number of benzene rings is 1. The molecule has 1 aromatic carbocycles. The fraction of sp³-hybridized carbons (Fsp3) is 0.500. The summed E-state index contributed by atoms with van der Waals surface area (Å²) >= 11 is 7.79. The summed E-state index contributed by atoms with van der Waals surface area (Å²) in [7, 11) is 1.46. The summed E-state index contributed by atoms with van der Waals surface area (Å²) < 4.78 is 20.9. The van der Waals surface area contributed by atoms with E-state index >= 15 is 0 Å². The first kappa shape index (κ1) is 15.4. The third-order valence-electron chi connectivity index (χ3n) is 3.34. The van der Waals surface area contributed by atoms with E-state index in [1.807, 2.05) is 0 Å². The van der Waals surface area contributed by atoms with Gasteiger partial charge in [0.15, 0.2) is 11.6 Å². The van der Waals surface area contributed by atoms with Crippen LogP contribution in [0.4, 0.5) is 4.39 Å². The molecule has 0 aliphatic heterocycles. The average molecular weight is 317 g/mol. The zero-order valence-corrected chi connectivity index (χ0v) is 13.4. The molecule has 1 atom stereocenters. The highest BCUT2D eigenvalue weighted by Gasteiger charge is 2.17. The van der Waals surface area contributed by atoms with Crippen LogP contribution in [-0.4, -0.2) is 28.7 Å². The minimum atomic E-state index is -0.400. The Kier molecular flexibility index (Phi) is 5.16. The summed E-state index contributed by atoms with van der Waals surface area (Å²) in [6.07, 6.45) is 3.09. The second-order valence-electron chi connectivity index (χ2n) is 4.64. The molecule has 0 saturated carbocycles. The van der Waals surface area contributed by atoms with Crippen molar-refractivity contribution in [3.63, 3.8) is 0 Å². The molecular formula is C14H18ClFN2OS. The standard InChI is InChI=1S/C14H18ClFN2OS/c1-9(4-5-20-3)18-12-7-13(19-2)10(16)6-11(12)17-14(18)8-15/h6-7,9H,4-5,8H2,1-3H3. The van der Waals surface area contributed by atoms with Gasteiger partial charge in [0, 0.05) is 18.2 Å². The fourth-order valence-corrected chi connectivity index (χ4v) is 3.07. The Balaban J connectivity index is 2.54. The van der Waals surface area contributed by atoms with Crippen LogP contribution in [0.25, 0.3) is 11.0 Å². The van der Waals surface area contributed by atoms with E-state index in [9.17, 15) is 4.39 Å². The first-order valence-corrected chi connectivity index (χ1v) is 8.34. The Labute approximate surface area is 127 Å². The van der Waals surface area contributed by atoms with Gasteiger partial charge in [-0.3, -0.25) is 0 Å². The van der Waals surface area contributed by atoms with Crippen LogP contribution >= 0.6 is 23.4 Å². The predicted molar refractivity (Wildman–Crippen MR) is 83.5 cm³/mol. The molecule has 6 heteroatoms. The van der Waals surface area contributed by atoms with Gasteiger partial charge >= 0.3 is 0 Å². The van der Waals surface area contributed by atoms with Crippen LogP contribution in [0.3, 0.4) is 0 Å². The highest BCUT2D eigenvalue weighted by atomic mass is 35.5. The molecule has 0 radical (unpaired) electrons. The summed E-state index contributed by atoms with van der Waals surface area (Å²) in [5, 5.41) is 0. The maximum absolute atomic E-state index is 13.8. The van der Waals surface area contributed by atoms with Crippen molar-refractivity contribution in [3.05, 3.63) is 23.8 Å². The lowest BCUT2D eigenvalue weighted by atomic mass is 10.2. The Hall–Kier alpha value is -0.940. The molecule has 0 spiro atoms. The smallest absolute Gasteiger partial charge is 0.167 e. The van der Waals surface area contributed by atoms with Crippen molar-refractivity contribution >= 4 is 34.4 Å². The summed E-state index contributed by atoms with van der Waals surface area (Å²) in [6, 6.07) is 3.36. The molecule has 20 heavy (non-hydrogen) atoms. The molecule has 0 aliphatic rings. The molecule has 110 valence electrons. The number of rotatable bonds is 6. The number of nitrogens with zero attached hydrogens (tertiary/aromatic N) is 2. The van der Waals surface area contributed by atoms with E-state index in [1.165, 1.54) is 13.2 Å². The largest absolute Gasteiger partial charge is 0.494 e. The SMILES string of the molecule is COc1cc2c(cc1F)nc(CCl)n2C(C)CCSC. The molecule has 1 unspecified atom stereocenters. The molecule has 2 aromatic rings. The number of thioether (sulfide) groups is 1. The zero-order chi connectivity index (χ0) is 14.7. The van der Waals surface area contributed by atoms with Crippen LogP contribution < -0.4 is 4.74 Å². The van der Waals surface area contributed by atoms with Gasteiger partial charge in [0.25, 0.3) is 0 Å². The van der Waals surface area contributed by atoms with E-state index in [2.05, 4.69) is 22.7 Å². The highest BCUT2D eigenvalue weighted by molar-refractivity contribution is 7.98. The molecule has 0 amide bonds.